The average Bonchev–Trinajstić information content (AvgIpc) is 3.04. The molecule has 0 aliphatic heterocycles. The first kappa shape index (κ1) is 21.6. The minimum absolute atomic E-state index is 0. The predicted octanol–water partition coefficient (Wildman–Crippen LogP) is 3.43. The number of amides is 1. The predicted molar refractivity (Wildman–Crippen MR) is 102 cm³/mol. The lowest BCUT2D eigenvalue weighted by molar-refractivity contribution is -0.124. The van der Waals surface area contributed by atoms with Crippen LogP contribution in [0.25, 0.3) is 0 Å². The van der Waals surface area contributed by atoms with Crippen molar-refractivity contribution in [3.8, 4) is 11.5 Å². The summed E-state index contributed by atoms with van der Waals surface area (Å²) in [6.07, 6.45) is 4.77. The van der Waals surface area contributed by atoms with E-state index in [1.54, 1.807) is 7.11 Å². The number of hydrogen-bond donors (Lipinski definition) is 2. The highest BCUT2D eigenvalue weighted by molar-refractivity contribution is 5.85. The fraction of sp³-hybridized carbons (Fsp3) is 0.632. The van der Waals surface area contributed by atoms with Gasteiger partial charge in [-0.15, -0.1) is 12.4 Å². The molecule has 0 radical (unpaired) electrons. The van der Waals surface area contributed by atoms with Gasteiger partial charge in [0.1, 0.15) is 0 Å². The number of ether oxygens (including phenoxy) is 2. The van der Waals surface area contributed by atoms with Crippen LogP contribution in [0.2, 0.25) is 0 Å². The van der Waals surface area contributed by atoms with Gasteiger partial charge in [-0.25, -0.2) is 0 Å². The van der Waals surface area contributed by atoms with Crippen molar-refractivity contribution in [2.24, 2.45) is 11.1 Å². The van der Waals surface area contributed by atoms with E-state index in [1.165, 1.54) is 12.8 Å². The molecule has 3 N–H and O–H groups in total. The van der Waals surface area contributed by atoms with Gasteiger partial charge in [-0.2, -0.15) is 0 Å². The van der Waals surface area contributed by atoms with E-state index >= 15 is 0 Å². The Labute approximate surface area is 157 Å². The van der Waals surface area contributed by atoms with Gasteiger partial charge in [0.2, 0.25) is 5.91 Å². The second-order valence-electron chi connectivity index (χ2n) is 7.53. The largest absolute Gasteiger partial charge is 0.493 e. The van der Waals surface area contributed by atoms with Crippen molar-refractivity contribution in [3.05, 3.63) is 23.8 Å². The van der Waals surface area contributed by atoms with Gasteiger partial charge in [0.15, 0.2) is 11.5 Å². The first-order chi connectivity index (χ1) is 11.3. The Morgan fingerprint density at radius 3 is 2.52 bits per heavy atom. The molecule has 1 aliphatic rings. The van der Waals surface area contributed by atoms with Crippen LogP contribution in [0.3, 0.4) is 0 Å². The molecule has 1 aromatic carbocycles. The number of carbonyl (C=O) groups is 1. The summed E-state index contributed by atoms with van der Waals surface area (Å²) in [5, 5.41) is 2.92. The number of nitrogens with two attached hydrogens (primary N) is 1. The van der Waals surface area contributed by atoms with Gasteiger partial charge in [0.25, 0.3) is 0 Å². The van der Waals surface area contributed by atoms with Crippen LogP contribution in [0.4, 0.5) is 0 Å². The van der Waals surface area contributed by atoms with Gasteiger partial charge in [0.05, 0.1) is 19.3 Å². The summed E-state index contributed by atoms with van der Waals surface area (Å²) >= 11 is 0. The number of methoxy groups -OCH3 is 1. The lowest BCUT2D eigenvalue weighted by Crippen LogP contribution is -2.48. The molecule has 1 amide bonds. The minimum atomic E-state index is -0.553. The molecule has 0 bridgehead atoms. The van der Waals surface area contributed by atoms with Gasteiger partial charge in [-0.05, 0) is 37.2 Å². The number of nitrogens with one attached hydrogen (secondary N) is 1. The molecule has 5 nitrogen and oxygen atoms in total. The maximum Gasteiger partial charge on any atom is 0.237 e. The second-order valence-corrected chi connectivity index (χ2v) is 7.53. The summed E-state index contributed by atoms with van der Waals surface area (Å²) in [7, 11) is 1.63. The Kier molecular flexibility index (Phi) is 8.03. The Balaban J connectivity index is 0.00000312. The lowest BCUT2D eigenvalue weighted by atomic mass is 9.87. The summed E-state index contributed by atoms with van der Waals surface area (Å²) in [6.45, 7) is 6.24. The molecule has 1 fully saturated rings. The molecule has 1 saturated carbocycles. The van der Waals surface area contributed by atoms with Gasteiger partial charge < -0.3 is 20.5 Å². The topological polar surface area (TPSA) is 73.6 Å². The molecule has 6 heteroatoms. The van der Waals surface area contributed by atoms with Crippen LogP contribution in [0, 0.1) is 5.41 Å². The van der Waals surface area contributed by atoms with Gasteiger partial charge >= 0.3 is 0 Å². The van der Waals surface area contributed by atoms with E-state index in [1.807, 2.05) is 39.0 Å². The summed E-state index contributed by atoms with van der Waals surface area (Å²) in [4.78, 5) is 12.3. The van der Waals surface area contributed by atoms with Crippen molar-refractivity contribution < 1.29 is 14.3 Å². The normalized spacial score (nSPS) is 16.0. The van der Waals surface area contributed by atoms with Gasteiger partial charge in [-0.1, -0.05) is 32.9 Å². The molecule has 0 heterocycles. The smallest absolute Gasteiger partial charge is 0.237 e. The van der Waals surface area contributed by atoms with E-state index in [0.29, 0.717) is 12.3 Å². The number of halogens is 1. The molecule has 0 spiro atoms. The molecule has 1 aromatic rings. The van der Waals surface area contributed by atoms with E-state index in [0.717, 1.165) is 24.2 Å². The zero-order valence-electron chi connectivity index (χ0n) is 15.6. The monoisotopic (exact) mass is 370 g/mol. The number of para-hydroxylation sites is 1. The fourth-order valence-corrected chi connectivity index (χ4v) is 2.85. The molecule has 142 valence electrons. The first-order valence-corrected chi connectivity index (χ1v) is 8.68. The van der Waals surface area contributed by atoms with Crippen LogP contribution < -0.4 is 20.5 Å². The molecule has 1 atom stereocenters. The number of benzene rings is 1. The molecule has 1 aliphatic carbocycles. The molecule has 0 aromatic heterocycles. The highest BCUT2D eigenvalue weighted by atomic mass is 35.5. The molecule has 2 rings (SSSR count). The van der Waals surface area contributed by atoms with Crippen LogP contribution in [-0.4, -0.2) is 25.2 Å². The number of rotatable bonds is 6. The summed E-state index contributed by atoms with van der Waals surface area (Å²) in [5.74, 6) is 1.28. The zero-order valence-corrected chi connectivity index (χ0v) is 16.4. The van der Waals surface area contributed by atoms with Crippen molar-refractivity contribution in [2.75, 3.05) is 7.11 Å². The SMILES string of the molecule is COc1cccc(CNC(=O)[C@@H](N)C(C)(C)C)c1OC1CCCC1.Cl. The summed E-state index contributed by atoms with van der Waals surface area (Å²) < 4.78 is 11.6. The third-order valence-corrected chi connectivity index (χ3v) is 4.54. The van der Waals surface area contributed by atoms with Crippen LogP contribution in [0.1, 0.15) is 52.0 Å². The van der Waals surface area contributed by atoms with E-state index in [2.05, 4.69) is 5.32 Å². The number of hydrogen-bond acceptors (Lipinski definition) is 4. The second kappa shape index (κ2) is 9.30. The Morgan fingerprint density at radius 1 is 1.32 bits per heavy atom. The van der Waals surface area contributed by atoms with Crippen LogP contribution in [0.15, 0.2) is 18.2 Å². The van der Waals surface area contributed by atoms with Gasteiger partial charge in [0, 0.05) is 12.1 Å². The third-order valence-electron chi connectivity index (χ3n) is 4.54. The quantitative estimate of drug-likeness (QED) is 0.804. The van der Waals surface area contributed by atoms with E-state index < -0.39 is 6.04 Å². The number of carbonyl (C=O) groups excluding carboxylic acids is 1. The minimum Gasteiger partial charge on any atom is -0.493 e. The van der Waals surface area contributed by atoms with Crippen molar-refractivity contribution in [1.82, 2.24) is 5.32 Å². The standard InChI is InChI=1S/C19H30N2O3.ClH/c1-19(2,3)17(20)18(22)21-12-13-8-7-11-15(23-4)16(13)24-14-9-5-6-10-14;/h7-8,11,14,17H,5-6,9-10,12,20H2,1-4H3,(H,21,22);1H/t17-;/m1./s1. The van der Waals surface area contributed by atoms with Crippen molar-refractivity contribution >= 4 is 18.3 Å². The molecular weight excluding hydrogens is 340 g/mol. The fourth-order valence-electron chi connectivity index (χ4n) is 2.85. The van der Waals surface area contributed by atoms with E-state index in [4.69, 9.17) is 15.2 Å². The Morgan fingerprint density at radius 2 is 1.96 bits per heavy atom. The zero-order chi connectivity index (χ0) is 17.7. The van der Waals surface area contributed by atoms with Crippen molar-refractivity contribution in [3.63, 3.8) is 0 Å². The van der Waals surface area contributed by atoms with Crippen LogP contribution in [0.5, 0.6) is 11.5 Å². The lowest BCUT2D eigenvalue weighted by Gasteiger charge is -2.26. The summed E-state index contributed by atoms with van der Waals surface area (Å²) in [6, 6.07) is 5.19. The highest BCUT2D eigenvalue weighted by Crippen LogP contribution is 2.34. The summed E-state index contributed by atoms with van der Waals surface area (Å²) in [5.41, 5.74) is 6.65. The van der Waals surface area contributed by atoms with Crippen molar-refractivity contribution in [1.29, 1.82) is 0 Å². The molecule has 25 heavy (non-hydrogen) atoms. The molecule has 0 unspecified atom stereocenters. The third kappa shape index (κ3) is 5.79. The maximum absolute atomic E-state index is 12.3. The van der Waals surface area contributed by atoms with E-state index in [-0.39, 0.29) is 29.8 Å². The van der Waals surface area contributed by atoms with Crippen LogP contribution >= 0.6 is 12.4 Å². The first-order valence-electron chi connectivity index (χ1n) is 8.68. The van der Waals surface area contributed by atoms with E-state index in [9.17, 15) is 4.79 Å². The van der Waals surface area contributed by atoms with Gasteiger partial charge in [-0.3, -0.25) is 4.79 Å². The van der Waals surface area contributed by atoms with Crippen LogP contribution in [-0.2, 0) is 11.3 Å². The molecule has 0 saturated heterocycles. The Hall–Kier alpha value is -1.46. The maximum atomic E-state index is 12.3. The molecular formula is C19H31ClN2O3. The van der Waals surface area contributed by atoms with Crippen molar-refractivity contribution in [2.45, 2.75) is 65.1 Å². The highest BCUT2D eigenvalue weighted by Gasteiger charge is 2.27. The average molecular weight is 371 g/mol. The Bertz CT molecular complexity index is 566.